The van der Waals surface area contributed by atoms with Crippen LogP contribution in [-0.4, -0.2) is 6.54 Å². The van der Waals surface area contributed by atoms with Crippen LogP contribution in [-0.2, 0) is 0 Å². The smallest absolute Gasteiger partial charge is 0.0332 e. The third kappa shape index (κ3) is 2.23. The predicted octanol–water partition coefficient (Wildman–Crippen LogP) is 2.76. The molecule has 2 rings (SSSR count). The van der Waals surface area contributed by atoms with Crippen LogP contribution in [0.2, 0.25) is 0 Å². The highest BCUT2D eigenvalue weighted by Crippen LogP contribution is 2.24. The van der Waals surface area contributed by atoms with E-state index in [0.717, 1.165) is 0 Å². The SMILES string of the molecule is Cc1cc(C)cc([C@@H]2CCN2)c1.Cl. The van der Waals surface area contributed by atoms with Crippen LogP contribution in [0.1, 0.15) is 29.2 Å². The third-order valence-electron chi connectivity index (χ3n) is 2.47. The van der Waals surface area contributed by atoms with E-state index in [1.165, 1.54) is 29.7 Å². The second-order valence-electron chi connectivity index (χ2n) is 3.72. The third-order valence-corrected chi connectivity index (χ3v) is 2.47. The first-order chi connectivity index (χ1) is 5.75. The van der Waals surface area contributed by atoms with Crippen molar-refractivity contribution in [3.8, 4) is 0 Å². The zero-order valence-electron chi connectivity index (χ0n) is 8.13. The molecule has 1 fully saturated rings. The minimum Gasteiger partial charge on any atom is -0.310 e. The van der Waals surface area contributed by atoms with Crippen molar-refractivity contribution in [1.82, 2.24) is 5.32 Å². The highest BCUT2D eigenvalue weighted by Gasteiger charge is 2.18. The molecule has 1 saturated heterocycles. The van der Waals surface area contributed by atoms with Gasteiger partial charge in [-0.3, -0.25) is 0 Å². The second kappa shape index (κ2) is 4.12. The summed E-state index contributed by atoms with van der Waals surface area (Å²) in [6.07, 6.45) is 1.29. The lowest BCUT2D eigenvalue weighted by Crippen LogP contribution is -2.34. The van der Waals surface area contributed by atoms with Crippen LogP contribution in [0.15, 0.2) is 18.2 Å². The van der Waals surface area contributed by atoms with E-state index in [0.29, 0.717) is 6.04 Å². The lowest BCUT2D eigenvalue weighted by Gasteiger charge is -2.28. The molecular weight excluding hydrogens is 182 g/mol. The fourth-order valence-corrected chi connectivity index (χ4v) is 1.78. The molecule has 0 aliphatic carbocycles. The van der Waals surface area contributed by atoms with Gasteiger partial charge >= 0.3 is 0 Å². The molecule has 1 N–H and O–H groups in total. The van der Waals surface area contributed by atoms with Gasteiger partial charge in [0.1, 0.15) is 0 Å². The topological polar surface area (TPSA) is 12.0 Å². The zero-order chi connectivity index (χ0) is 8.55. The van der Waals surface area contributed by atoms with E-state index in [1.54, 1.807) is 0 Å². The Balaban J connectivity index is 0.000000845. The van der Waals surface area contributed by atoms with Crippen LogP contribution in [0.4, 0.5) is 0 Å². The van der Waals surface area contributed by atoms with Crippen LogP contribution in [0, 0.1) is 13.8 Å². The largest absolute Gasteiger partial charge is 0.310 e. The second-order valence-corrected chi connectivity index (χ2v) is 3.72. The Hall–Kier alpha value is -0.530. The van der Waals surface area contributed by atoms with E-state index in [-0.39, 0.29) is 12.4 Å². The molecule has 1 aliphatic rings. The van der Waals surface area contributed by atoms with Gasteiger partial charge in [0.25, 0.3) is 0 Å². The van der Waals surface area contributed by atoms with Gasteiger partial charge in [-0.25, -0.2) is 0 Å². The van der Waals surface area contributed by atoms with Crippen LogP contribution in [0.3, 0.4) is 0 Å². The van der Waals surface area contributed by atoms with Crippen LogP contribution in [0.25, 0.3) is 0 Å². The Morgan fingerprint density at radius 1 is 1.15 bits per heavy atom. The Morgan fingerprint density at radius 3 is 2.08 bits per heavy atom. The molecule has 1 heterocycles. The molecule has 0 spiro atoms. The summed E-state index contributed by atoms with van der Waals surface area (Å²) in [7, 11) is 0. The maximum Gasteiger partial charge on any atom is 0.0332 e. The molecule has 1 nitrogen and oxygen atoms in total. The van der Waals surface area contributed by atoms with Gasteiger partial charge in [0, 0.05) is 6.04 Å². The van der Waals surface area contributed by atoms with Crippen molar-refractivity contribution in [3.05, 3.63) is 34.9 Å². The molecule has 2 heteroatoms. The molecule has 1 atom stereocenters. The van der Waals surface area contributed by atoms with E-state index in [1.807, 2.05) is 0 Å². The maximum absolute atomic E-state index is 3.42. The Labute approximate surface area is 86.0 Å². The quantitative estimate of drug-likeness (QED) is 0.730. The van der Waals surface area contributed by atoms with Crippen molar-refractivity contribution in [1.29, 1.82) is 0 Å². The van der Waals surface area contributed by atoms with Crippen LogP contribution < -0.4 is 5.32 Å². The van der Waals surface area contributed by atoms with Crippen molar-refractivity contribution in [2.75, 3.05) is 6.54 Å². The number of halogens is 1. The van der Waals surface area contributed by atoms with E-state index < -0.39 is 0 Å². The first-order valence-corrected chi connectivity index (χ1v) is 4.57. The zero-order valence-corrected chi connectivity index (χ0v) is 8.95. The number of aryl methyl sites for hydroxylation is 2. The average Bonchev–Trinajstić information content (AvgIpc) is 1.79. The van der Waals surface area contributed by atoms with Crippen molar-refractivity contribution in [2.45, 2.75) is 26.3 Å². The number of hydrogen-bond acceptors (Lipinski definition) is 1. The fourth-order valence-electron chi connectivity index (χ4n) is 1.78. The standard InChI is InChI=1S/C11H15N.ClH/c1-8-5-9(2)7-10(6-8)11-3-4-12-11;/h5-7,11-12H,3-4H2,1-2H3;1H/t11-;/m0./s1. The molecule has 0 radical (unpaired) electrons. The summed E-state index contributed by atoms with van der Waals surface area (Å²) in [4.78, 5) is 0. The van der Waals surface area contributed by atoms with Crippen LogP contribution in [0.5, 0.6) is 0 Å². The normalized spacial score (nSPS) is 20.3. The van der Waals surface area contributed by atoms with E-state index in [4.69, 9.17) is 0 Å². The van der Waals surface area contributed by atoms with E-state index in [9.17, 15) is 0 Å². The van der Waals surface area contributed by atoms with Gasteiger partial charge in [-0.1, -0.05) is 29.3 Å². The Bertz CT molecular complexity index is 272. The predicted molar refractivity (Wildman–Crippen MR) is 58.5 cm³/mol. The molecule has 0 amide bonds. The minimum atomic E-state index is 0. The number of nitrogens with one attached hydrogen (secondary N) is 1. The van der Waals surface area contributed by atoms with Gasteiger partial charge in [-0.05, 0) is 32.4 Å². The summed E-state index contributed by atoms with van der Waals surface area (Å²) in [5.74, 6) is 0. The first-order valence-electron chi connectivity index (χ1n) is 4.57. The number of hydrogen-bond donors (Lipinski definition) is 1. The number of rotatable bonds is 1. The molecule has 0 saturated carbocycles. The van der Waals surface area contributed by atoms with Crippen molar-refractivity contribution < 1.29 is 0 Å². The summed E-state index contributed by atoms with van der Waals surface area (Å²) in [6.45, 7) is 5.50. The monoisotopic (exact) mass is 197 g/mol. The van der Waals surface area contributed by atoms with Gasteiger partial charge in [0.2, 0.25) is 0 Å². The van der Waals surface area contributed by atoms with Crippen LogP contribution >= 0.6 is 12.4 Å². The molecule has 0 aromatic heterocycles. The summed E-state index contributed by atoms with van der Waals surface area (Å²) >= 11 is 0. The number of benzene rings is 1. The fraction of sp³-hybridized carbons (Fsp3) is 0.455. The van der Waals surface area contributed by atoms with Crippen molar-refractivity contribution in [3.63, 3.8) is 0 Å². The summed E-state index contributed by atoms with van der Waals surface area (Å²) in [5, 5.41) is 3.42. The molecule has 0 bridgehead atoms. The molecule has 1 aromatic carbocycles. The van der Waals surface area contributed by atoms with Gasteiger partial charge in [0.15, 0.2) is 0 Å². The highest BCUT2D eigenvalue weighted by molar-refractivity contribution is 5.85. The maximum atomic E-state index is 3.42. The molecule has 1 aromatic rings. The summed E-state index contributed by atoms with van der Waals surface area (Å²) in [6, 6.07) is 7.42. The highest BCUT2D eigenvalue weighted by atomic mass is 35.5. The molecular formula is C11H16ClN. The van der Waals surface area contributed by atoms with Crippen molar-refractivity contribution >= 4 is 12.4 Å². The molecule has 0 unspecified atom stereocenters. The minimum absolute atomic E-state index is 0. The van der Waals surface area contributed by atoms with E-state index >= 15 is 0 Å². The van der Waals surface area contributed by atoms with Gasteiger partial charge < -0.3 is 5.32 Å². The van der Waals surface area contributed by atoms with Gasteiger partial charge in [0.05, 0.1) is 0 Å². The van der Waals surface area contributed by atoms with Gasteiger partial charge in [-0.15, -0.1) is 12.4 Å². The average molecular weight is 198 g/mol. The first kappa shape index (κ1) is 10.6. The lowest BCUT2D eigenvalue weighted by molar-refractivity contribution is 0.383. The molecule has 1 aliphatic heterocycles. The Morgan fingerprint density at radius 2 is 1.69 bits per heavy atom. The Kier molecular flexibility index (Phi) is 3.34. The molecule has 72 valence electrons. The lowest BCUT2D eigenvalue weighted by atomic mass is 9.95. The molecule has 13 heavy (non-hydrogen) atoms. The van der Waals surface area contributed by atoms with Gasteiger partial charge in [-0.2, -0.15) is 0 Å². The summed E-state index contributed by atoms with van der Waals surface area (Å²) < 4.78 is 0. The van der Waals surface area contributed by atoms with E-state index in [2.05, 4.69) is 37.4 Å². The summed E-state index contributed by atoms with van der Waals surface area (Å²) in [5.41, 5.74) is 4.20. The van der Waals surface area contributed by atoms with Crippen molar-refractivity contribution in [2.24, 2.45) is 0 Å².